The van der Waals surface area contributed by atoms with E-state index in [1.54, 1.807) is 25.3 Å². The fourth-order valence-corrected chi connectivity index (χ4v) is 2.73. The molecule has 0 amide bonds. The second-order valence-corrected chi connectivity index (χ2v) is 5.13. The normalized spacial score (nSPS) is 12.3. The summed E-state index contributed by atoms with van der Waals surface area (Å²) in [5.41, 5.74) is 1.58. The van der Waals surface area contributed by atoms with Gasteiger partial charge in [-0.25, -0.2) is 4.79 Å². The van der Waals surface area contributed by atoms with E-state index in [0.29, 0.717) is 11.3 Å². The van der Waals surface area contributed by atoms with E-state index in [4.69, 9.17) is 9.15 Å². The van der Waals surface area contributed by atoms with E-state index < -0.39 is 5.63 Å². The molecule has 1 heterocycles. The van der Waals surface area contributed by atoms with Crippen LogP contribution in [0, 0.1) is 0 Å². The number of phenolic OH excluding ortho intramolecular Hbond substituents is 1. The van der Waals surface area contributed by atoms with Crippen LogP contribution < -0.4 is 10.4 Å². The summed E-state index contributed by atoms with van der Waals surface area (Å²) in [5.74, 6) is 0.635. The summed E-state index contributed by atoms with van der Waals surface area (Å²) in [6, 6.07) is 13.9. The van der Waals surface area contributed by atoms with Gasteiger partial charge in [0.25, 0.3) is 0 Å². The first-order chi connectivity index (χ1) is 10.6. The molecular weight excluding hydrogens is 280 g/mol. The van der Waals surface area contributed by atoms with Crippen LogP contribution in [-0.2, 0) is 0 Å². The van der Waals surface area contributed by atoms with Crippen molar-refractivity contribution >= 4 is 11.0 Å². The summed E-state index contributed by atoms with van der Waals surface area (Å²) in [5, 5.41) is 10.9. The lowest BCUT2D eigenvalue weighted by Crippen LogP contribution is -2.04. The van der Waals surface area contributed by atoms with Crippen LogP contribution in [0.15, 0.2) is 57.7 Å². The number of para-hydroxylation sites is 1. The molecule has 4 nitrogen and oxygen atoms in total. The fourth-order valence-electron chi connectivity index (χ4n) is 2.73. The van der Waals surface area contributed by atoms with Gasteiger partial charge in [-0.05, 0) is 24.3 Å². The lowest BCUT2D eigenvalue weighted by Gasteiger charge is -2.18. The first kappa shape index (κ1) is 14.2. The molecule has 22 heavy (non-hydrogen) atoms. The summed E-state index contributed by atoms with van der Waals surface area (Å²) < 4.78 is 10.8. The molecule has 112 valence electrons. The minimum absolute atomic E-state index is 0.189. The molecule has 0 saturated carbocycles. The van der Waals surface area contributed by atoms with Crippen LogP contribution in [0.5, 0.6) is 11.5 Å². The molecule has 4 heteroatoms. The number of rotatable bonds is 3. The topological polar surface area (TPSA) is 59.7 Å². The van der Waals surface area contributed by atoms with E-state index in [1.807, 2.05) is 31.2 Å². The van der Waals surface area contributed by atoms with Crippen molar-refractivity contribution in [3.63, 3.8) is 0 Å². The Morgan fingerprint density at radius 1 is 1.09 bits per heavy atom. The van der Waals surface area contributed by atoms with Crippen LogP contribution in [0.3, 0.4) is 0 Å². The molecule has 3 aromatic rings. The Hall–Kier alpha value is -2.75. The SMILES string of the molecule is COc1ccc2ccc(=O)oc2c1C(C)c1ccccc1O. The molecule has 0 aliphatic rings. The third-order valence-electron chi connectivity index (χ3n) is 3.84. The van der Waals surface area contributed by atoms with Gasteiger partial charge in [-0.3, -0.25) is 0 Å². The predicted octanol–water partition coefficient (Wildman–Crippen LogP) is 3.66. The Labute approximate surface area is 127 Å². The van der Waals surface area contributed by atoms with Crippen LogP contribution >= 0.6 is 0 Å². The standard InChI is InChI=1S/C18H16O4/c1-11(13-5-3-4-6-14(13)19)17-15(21-2)9-7-12-8-10-16(20)22-18(12)17/h3-11,19H,1-2H3. The maximum atomic E-state index is 11.6. The van der Waals surface area contributed by atoms with E-state index in [2.05, 4.69) is 0 Å². The molecule has 1 N–H and O–H groups in total. The molecule has 1 aromatic heterocycles. The van der Waals surface area contributed by atoms with Crippen molar-refractivity contribution in [3.05, 3.63) is 70.1 Å². The van der Waals surface area contributed by atoms with E-state index >= 15 is 0 Å². The zero-order chi connectivity index (χ0) is 15.7. The molecule has 0 radical (unpaired) electrons. The number of benzene rings is 2. The molecule has 3 rings (SSSR count). The monoisotopic (exact) mass is 296 g/mol. The van der Waals surface area contributed by atoms with Gasteiger partial charge in [0.15, 0.2) is 0 Å². The Balaban J connectivity index is 2.30. The van der Waals surface area contributed by atoms with Crippen LogP contribution in [0.1, 0.15) is 24.0 Å². The van der Waals surface area contributed by atoms with E-state index in [-0.39, 0.29) is 11.7 Å². The molecular formula is C18H16O4. The zero-order valence-electron chi connectivity index (χ0n) is 12.4. The van der Waals surface area contributed by atoms with E-state index in [9.17, 15) is 9.90 Å². The highest BCUT2D eigenvalue weighted by Gasteiger charge is 2.21. The summed E-state index contributed by atoms with van der Waals surface area (Å²) in [6.45, 7) is 1.94. The first-order valence-corrected chi connectivity index (χ1v) is 7.00. The van der Waals surface area contributed by atoms with Gasteiger partial charge in [-0.2, -0.15) is 0 Å². The van der Waals surface area contributed by atoms with Crippen LogP contribution in [0.4, 0.5) is 0 Å². The highest BCUT2D eigenvalue weighted by Crippen LogP contribution is 2.39. The van der Waals surface area contributed by atoms with Crippen molar-refractivity contribution in [1.29, 1.82) is 0 Å². The molecule has 2 aromatic carbocycles. The maximum Gasteiger partial charge on any atom is 0.336 e. The van der Waals surface area contributed by atoms with E-state index in [0.717, 1.165) is 16.5 Å². The van der Waals surface area contributed by atoms with Crippen molar-refractivity contribution in [2.75, 3.05) is 7.11 Å². The van der Waals surface area contributed by atoms with Crippen molar-refractivity contribution in [2.24, 2.45) is 0 Å². The molecule has 0 spiro atoms. The predicted molar refractivity (Wildman–Crippen MR) is 84.7 cm³/mol. The van der Waals surface area contributed by atoms with Gasteiger partial charge in [0.05, 0.1) is 7.11 Å². The second-order valence-electron chi connectivity index (χ2n) is 5.13. The van der Waals surface area contributed by atoms with Crippen molar-refractivity contribution < 1.29 is 14.3 Å². The number of phenols is 1. The molecule has 0 bridgehead atoms. The van der Waals surface area contributed by atoms with E-state index in [1.165, 1.54) is 6.07 Å². The summed E-state index contributed by atoms with van der Waals surface area (Å²) in [6.07, 6.45) is 0. The van der Waals surface area contributed by atoms with Gasteiger partial charge in [0.1, 0.15) is 17.1 Å². The van der Waals surface area contributed by atoms with Gasteiger partial charge in [0.2, 0.25) is 0 Å². The average molecular weight is 296 g/mol. The molecule has 0 aliphatic heterocycles. The van der Waals surface area contributed by atoms with Gasteiger partial charge in [0, 0.05) is 28.5 Å². The quantitative estimate of drug-likeness (QED) is 0.749. The number of ether oxygens (including phenoxy) is 1. The minimum Gasteiger partial charge on any atom is -0.508 e. The minimum atomic E-state index is -0.411. The summed E-state index contributed by atoms with van der Waals surface area (Å²) >= 11 is 0. The molecule has 1 atom stereocenters. The first-order valence-electron chi connectivity index (χ1n) is 7.00. The van der Waals surface area contributed by atoms with Crippen molar-refractivity contribution in [2.45, 2.75) is 12.8 Å². The number of hydrogen-bond donors (Lipinski definition) is 1. The molecule has 1 unspecified atom stereocenters. The van der Waals surface area contributed by atoms with Gasteiger partial charge >= 0.3 is 5.63 Å². The molecule has 0 fully saturated rings. The van der Waals surface area contributed by atoms with Crippen LogP contribution in [0.2, 0.25) is 0 Å². The molecule has 0 aliphatic carbocycles. The zero-order valence-corrected chi connectivity index (χ0v) is 12.4. The average Bonchev–Trinajstić information content (AvgIpc) is 2.53. The fraction of sp³-hybridized carbons (Fsp3) is 0.167. The highest BCUT2D eigenvalue weighted by molar-refractivity contribution is 5.83. The van der Waals surface area contributed by atoms with Gasteiger partial charge < -0.3 is 14.3 Å². The number of fused-ring (bicyclic) bond motifs is 1. The largest absolute Gasteiger partial charge is 0.508 e. The maximum absolute atomic E-state index is 11.6. The smallest absolute Gasteiger partial charge is 0.336 e. The van der Waals surface area contributed by atoms with Crippen LogP contribution in [0.25, 0.3) is 11.0 Å². The Morgan fingerprint density at radius 3 is 2.55 bits per heavy atom. The Morgan fingerprint density at radius 2 is 1.82 bits per heavy atom. The Bertz CT molecular complexity index is 880. The lowest BCUT2D eigenvalue weighted by molar-refractivity contribution is 0.406. The lowest BCUT2D eigenvalue weighted by atomic mass is 9.90. The summed E-state index contributed by atoms with van der Waals surface area (Å²) in [4.78, 5) is 11.6. The van der Waals surface area contributed by atoms with Crippen LogP contribution in [-0.4, -0.2) is 12.2 Å². The van der Waals surface area contributed by atoms with Gasteiger partial charge in [-0.1, -0.05) is 25.1 Å². The Kier molecular flexibility index (Phi) is 3.59. The summed E-state index contributed by atoms with van der Waals surface area (Å²) in [7, 11) is 1.57. The third-order valence-corrected chi connectivity index (χ3v) is 3.84. The molecule has 0 saturated heterocycles. The number of aromatic hydroxyl groups is 1. The van der Waals surface area contributed by atoms with Gasteiger partial charge in [-0.15, -0.1) is 0 Å². The highest BCUT2D eigenvalue weighted by atomic mass is 16.5. The van der Waals surface area contributed by atoms with Crippen molar-refractivity contribution in [3.8, 4) is 11.5 Å². The van der Waals surface area contributed by atoms with Crippen molar-refractivity contribution in [1.82, 2.24) is 0 Å². The number of hydrogen-bond acceptors (Lipinski definition) is 4. The number of methoxy groups -OCH3 is 1. The second kappa shape index (κ2) is 5.56. The third kappa shape index (κ3) is 2.33.